The van der Waals surface area contributed by atoms with Gasteiger partial charge >= 0.3 is 0 Å². The molecule has 0 saturated heterocycles. The number of hydrogen-bond donors (Lipinski definition) is 0. The lowest BCUT2D eigenvalue weighted by Crippen LogP contribution is -1.84. The van der Waals surface area contributed by atoms with E-state index in [1.165, 1.54) is 0 Å². The molecule has 0 bridgehead atoms. The maximum absolute atomic E-state index is 8.59. The first-order chi connectivity index (χ1) is 6.69. The number of rotatable bonds is 1. The van der Waals surface area contributed by atoms with Crippen LogP contribution in [0.1, 0.15) is 5.56 Å². The number of hydrogen-bond acceptors (Lipinski definition) is 3. The molecule has 0 heterocycles. The average Bonchev–Trinajstić information content (AvgIpc) is 2.20. The Morgan fingerprint density at radius 1 is 1.14 bits per heavy atom. The van der Waals surface area contributed by atoms with Crippen LogP contribution in [0.5, 0.6) is 0 Å². The monoisotopic (exact) mass is 219 g/mol. The fourth-order valence-corrected chi connectivity index (χ4v) is 1.23. The minimum absolute atomic E-state index is 0.0534. The summed E-state index contributed by atoms with van der Waals surface area (Å²) < 4.78 is 0. The summed E-state index contributed by atoms with van der Waals surface area (Å²) >= 11 is 10.6. The third-order valence-corrected chi connectivity index (χ3v) is 2.25. The lowest BCUT2D eigenvalue weighted by atomic mass is 10.1. The molecule has 2 nitrogen and oxygen atoms in total. The molecule has 0 aromatic heterocycles. The maximum Gasteiger partial charge on any atom is 0.111 e. The van der Waals surface area contributed by atoms with Crippen molar-refractivity contribution in [3.8, 4) is 12.1 Å². The van der Waals surface area contributed by atoms with Gasteiger partial charge in [-0.15, -0.1) is 4.91 Å². The van der Waals surface area contributed by atoms with Crippen LogP contribution in [0.25, 0.3) is 4.91 Å². The van der Waals surface area contributed by atoms with Gasteiger partial charge in [-0.2, -0.15) is 10.5 Å². The van der Waals surface area contributed by atoms with E-state index in [-0.39, 0.29) is 10.5 Å². The molecule has 1 rings (SSSR count). The standard InChI is InChI=1S/C10H5ClN2S/c11-9-3-1-7(2-4-9)10(14)8(5-12)6-13/h1-4,14H/p-1. The fraction of sp³-hybridized carbons (Fsp3) is 0. The second kappa shape index (κ2) is 4.62. The zero-order valence-electron chi connectivity index (χ0n) is 6.99. The van der Waals surface area contributed by atoms with Crippen molar-refractivity contribution < 1.29 is 0 Å². The SMILES string of the molecule is N#CC(C#N)=C([S-])c1ccc(Cl)cc1. The van der Waals surface area contributed by atoms with Crippen LogP contribution in [0.3, 0.4) is 0 Å². The van der Waals surface area contributed by atoms with E-state index in [0.29, 0.717) is 10.6 Å². The molecule has 0 fully saturated rings. The number of halogens is 1. The van der Waals surface area contributed by atoms with Crippen molar-refractivity contribution in [2.75, 3.05) is 0 Å². The molecule has 1 aromatic carbocycles. The van der Waals surface area contributed by atoms with E-state index in [9.17, 15) is 0 Å². The lowest BCUT2D eigenvalue weighted by Gasteiger charge is -2.11. The van der Waals surface area contributed by atoms with Gasteiger partial charge in [0.2, 0.25) is 0 Å². The van der Waals surface area contributed by atoms with Crippen molar-refractivity contribution in [3.05, 3.63) is 40.4 Å². The van der Waals surface area contributed by atoms with Crippen LogP contribution in [-0.4, -0.2) is 0 Å². The van der Waals surface area contributed by atoms with Gasteiger partial charge in [0, 0.05) is 5.02 Å². The van der Waals surface area contributed by atoms with Crippen molar-refractivity contribution in [2.45, 2.75) is 0 Å². The molecule has 0 aliphatic carbocycles. The predicted molar refractivity (Wildman–Crippen MR) is 57.0 cm³/mol. The Bertz CT molecular complexity index is 432. The minimum atomic E-state index is -0.0534. The lowest BCUT2D eigenvalue weighted by molar-refractivity contribution is 1.47. The summed E-state index contributed by atoms with van der Waals surface area (Å²) in [6, 6.07) is 10.2. The maximum atomic E-state index is 8.59. The van der Waals surface area contributed by atoms with Crippen LogP contribution in [0, 0.1) is 22.7 Å². The van der Waals surface area contributed by atoms with E-state index in [2.05, 4.69) is 0 Å². The fourth-order valence-electron chi connectivity index (χ4n) is 0.872. The van der Waals surface area contributed by atoms with Crippen molar-refractivity contribution >= 4 is 29.1 Å². The van der Waals surface area contributed by atoms with Crippen molar-refractivity contribution in [2.24, 2.45) is 0 Å². The Kier molecular flexibility index (Phi) is 3.48. The Morgan fingerprint density at radius 2 is 1.64 bits per heavy atom. The quantitative estimate of drug-likeness (QED) is 0.539. The molecule has 0 amide bonds. The summed E-state index contributed by atoms with van der Waals surface area (Å²) in [4.78, 5) is 0.256. The Hall–Kier alpha value is -1.55. The molecule has 0 saturated carbocycles. The largest absolute Gasteiger partial charge is 0.777 e. The van der Waals surface area contributed by atoms with Crippen LogP contribution in [-0.2, 0) is 12.6 Å². The molecule has 1 aromatic rings. The predicted octanol–water partition coefficient (Wildman–Crippen LogP) is 2.65. The van der Waals surface area contributed by atoms with Gasteiger partial charge in [0.1, 0.15) is 17.7 Å². The first-order valence-electron chi connectivity index (χ1n) is 3.66. The Balaban J connectivity index is 3.21. The smallest absolute Gasteiger partial charge is 0.111 e. The summed E-state index contributed by atoms with van der Waals surface area (Å²) in [6.45, 7) is 0. The molecule has 0 aliphatic rings. The zero-order chi connectivity index (χ0) is 10.6. The summed E-state index contributed by atoms with van der Waals surface area (Å²) in [5.74, 6) is 0. The summed E-state index contributed by atoms with van der Waals surface area (Å²) in [5, 5.41) is 17.8. The van der Waals surface area contributed by atoms with Crippen LogP contribution in [0.15, 0.2) is 29.8 Å². The van der Waals surface area contributed by atoms with Gasteiger partial charge in [-0.05, 0) is 17.7 Å². The molecular formula is C10H4ClN2S-. The summed E-state index contributed by atoms with van der Waals surface area (Å²) in [7, 11) is 0. The number of benzene rings is 1. The molecule has 0 spiro atoms. The third-order valence-electron chi connectivity index (χ3n) is 1.56. The van der Waals surface area contributed by atoms with E-state index < -0.39 is 0 Å². The highest BCUT2D eigenvalue weighted by atomic mass is 35.5. The van der Waals surface area contributed by atoms with Crippen LogP contribution < -0.4 is 0 Å². The highest BCUT2D eigenvalue weighted by molar-refractivity contribution is 7.70. The van der Waals surface area contributed by atoms with E-state index in [0.717, 1.165) is 0 Å². The van der Waals surface area contributed by atoms with E-state index in [1.54, 1.807) is 36.4 Å². The van der Waals surface area contributed by atoms with Crippen molar-refractivity contribution in [1.29, 1.82) is 10.5 Å². The topological polar surface area (TPSA) is 47.6 Å². The second-order valence-electron chi connectivity index (χ2n) is 2.43. The van der Waals surface area contributed by atoms with Crippen molar-refractivity contribution in [1.82, 2.24) is 0 Å². The highest BCUT2D eigenvalue weighted by Gasteiger charge is 1.96. The number of nitriles is 2. The normalized spacial score (nSPS) is 8.50. The summed E-state index contributed by atoms with van der Waals surface area (Å²) in [6.07, 6.45) is 0. The van der Waals surface area contributed by atoms with Crippen LogP contribution >= 0.6 is 11.6 Å². The molecular weight excluding hydrogens is 216 g/mol. The van der Waals surface area contributed by atoms with Gasteiger partial charge in [0.15, 0.2) is 0 Å². The van der Waals surface area contributed by atoms with E-state index >= 15 is 0 Å². The van der Waals surface area contributed by atoms with Gasteiger partial charge < -0.3 is 12.6 Å². The van der Waals surface area contributed by atoms with Gasteiger partial charge in [-0.25, -0.2) is 0 Å². The number of allylic oxidation sites excluding steroid dienone is 1. The molecule has 0 aliphatic heterocycles. The van der Waals surface area contributed by atoms with Gasteiger partial charge in [-0.3, -0.25) is 0 Å². The average molecular weight is 220 g/mol. The molecule has 0 radical (unpaired) electrons. The first kappa shape index (κ1) is 10.5. The molecule has 14 heavy (non-hydrogen) atoms. The van der Waals surface area contributed by atoms with Gasteiger partial charge in [-0.1, -0.05) is 23.7 Å². The molecule has 68 valence electrons. The Morgan fingerprint density at radius 3 is 2.07 bits per heavy atom. The van der Waals surface area contributed by atoms with E-state index in [4.69, 9.17) is 34.8 Å². The molecule has 0 atom stereocenters. The van der Waals surface area contributed by atoms with Crippen LogP contribution in [0.2, 0.25) is 5.02 Å². The van der Waals surface area contributed by atoms with Crippen molar-refractivity contribution in [3.63, 3.8) is 0 Å². The number of nitrogens with zero attached hydrogens (tertiary/aromatic N) is 2. The van der Waals surface area contributed by atoms with Crippen LogP contribution in [0.4, 0.5) is 0 Å². The zero-order valence-corrected chi connectivity index (χ0v) is 8.56. The third kappa shape index (κ3) is 2.23. The summed E-state index contributed by atoms with van der Waals surface area (Å²) in [5.41, 5.74) is 0.602. The molecule has 0 N–H and O–H groups in total. The molecule has 0 unspecified atom stereocenters. The Labute approximate surface area is 92.4 Å². The second-order valence-corrected chi connectivity index (χ2v) is 3.28. The highest BCUT2D eigenvalue weighted by Crippen LogP contribution is 2.18. The minimum Gasteiger partial charge on any atom is -0.777 e. The van der Waals surface area contributed by atoms with Gasteiger partial charge in [0.25, 0.3) is 0 Å². The van der Waals surface area contributed by atoms with Gasteiger partial charge in [0.05, 0.1) is 0 Å². The first-order valence-corrected chi connectivity index (χ1v) is 4.45. The molecule has 4 heteroatoms. The van der Waals surface area contributed by atoms with E-state index in [1.807, 2.05) is 0 Å².